The number of benzene rings is 2. The van der Waals surface area contributed by atoms with Gasteiger partial charge in [-0.2, -0.15) is 0 Å². The van der Waals surface area contributed by atoms with E-state index in [-0.39, 0.29) is 28.5 Å². The van der Waals surface area contributed by atoms with Crippen LogP contribution in [0.15, 0.2) is 59.6 Å². The number of sulfone groups is 1. The molecular formula is C27H27FN6O3S2. The number of rotatable bonds is 5. The van der Waals surface area contributed by atoms with Crippen molar-refractivity contribution in [2.45, 2.75) is 31.1 Å². The number of hydrogen-bond acceptors (Lipinski definition) is 8. The molecule has 5 rings (SSSR count). The predicted molar refractivity (Wildman–Crippen MR) is 151 cm³/mol. The number of carbonyl (C=O) groups is 1. The Labute approximate surface area is 230 Å². The Kier molecular flexibility index (Phi) is 6.63. The molecule has 9 nitrogen and oxygen atoms in total. The van der Waals surface area contributed by atoms with Crippen molar-refractivity contribution in [3.05, 3.63) is 65.6 Å². The van der Waals surface area contributed by atoms with Crippen molar-refractivity contribution in [1.29, 1.82) is 0 Å². The highest BCUT2D eigenvalue weighted by Gasteiger charge is 2.34. The molecule has 12 heteroatoms. The average Bonchev–Trinajstić information content (AvgIpc) is 3.48. The minimum atomic E-state index is -3.36. The highest BCUT2D eigenvalue weighted by Crippen LogP contribution is 2.43. The molecule has 3 heterocycles. The van der Waals surface area contributed by atoms with Crippen LogP contribution in [0.4, 0.5) is 26.5 Å². The first-order valence-corrected chi connectivity index (χ1v) is 14.8. The van der Waals surface area contributed by atoms with Crippen molar-refractivity contribution >= 4 is 44.5 Å². The number of halogens is 1. The molecule has 1 aliphatic heterocycles. The topological polar surface area (TPSA) is 122 Å². The van der Waals surface area contributed by atoms with E-state index in [1.54, 1.807) is 36.4 Å². The molecule has 0 spiro atoms. The highest BCUT2D eigenvalue weighted by atomic mass is 32.2. The van der Waals surface area contributed by atoms with Crippen molar-refractivity contribution in [3.63, 3.8) is 0 Å². The third-order valence-electron chi connectivity index (χ3n) is 6.28. The van der Waals surface area contributed by atoms with Gasteiger partial charge < -0.3 is 5.73 Å². The smallest absolute Gasteiger partial charge is 0.329 e. The van der Waals surface area contributed by atoms with Gasteiger partial charge in [0.15, 0.2) is 15.7 Å². The first kappa shape index (κ1) is 26.7. The molecule has 1 fully saturated rings. The number of anilines is 3. The fourth-order valence-electron chi connectivity index (χ4n) is 4.28. The molecule has 0 atom stereocenters. The Hall–Kier alpha value is -3.90. The highest BCUT2D eigenvalue weighted by molar-refractivity contribution is 7.90. The number of amides is 2. The Bertz CT molecular complexity index is 1680. The first-order chi connectivity index (χ1) is 18.3. The molecule has 2 amide bonds. The van der Waals surface area contributed by atoms with E-state index in [1.165, 1.54) is 39.5 Å². The fourth-order valence-corrected chi connectivity index (χ4v) is 6.06. The van der Waals surface area contributed by atoms with E-state index in [0.717, 1.165) is 11.3 Å². The molecule has 39 heavy (non-hydrogen) atoms. The van der Waals surface area contributed by atoms with E-state index in [4.69, 9.17) is 10.7 Å². The average molecular weight is 567 g/mol. The monoisotopic (exact) mass is 566 g/mol. The number of urea groups is 1. The van der Waals surface area contributed by atoms with Crippen LogP contribution in [-0.4, -0.2) is 48.7 Å². The summed E-state index contributed by atoms with van der Waals surface area (Å²) in [5, 5.41) is 0.801. The van der Waals surface area contributed by atoms with Gasteiger partial charge in [-0.25, -0.2) is 32.6 Å². The number of nitrogens with zero attached hydrogens (tertiary/aromatic N) is 5. The molecule has 0 bridgehead atoms. The molecule has 202 valence electrons. The van der Waals surface area contributed by atoms with Gasteiger partial charge >= 0.3 is 6.03 Å². The van der Waals surface area contributed by atoms with Crippen LogP contribution in [0.5, 0.6) is 0 Å². The summed E-state index contributed by atoms with van der Waals surface area (Å²) in [6.45, 7) is 6.67. The van der Waals surface area contributed by atoms with Crippen molar-refractivity contribution in [2.24, 2.45) is 0 Å². The summed E-state index contributed by atoms with van der Waals surface area (Å²) in [4.78, 5) is 30.1. The Morgan fingerprint density at radius 2 is 1.69 bits per heavy atom. The third kappa shape index (κ3) is 5.09. The van der Waals surface area contributed by atoms with Crippen LogP contribution in [0.1, 0.15) is 25.8 Å². The van der Waals surface area contributed by atoms with Gasteiger partial charge in [0, 0.05) is 42.2 Å². The lowest BCUT2D eigenvalue weighted by molar-refractivity contribution is 0.255. The molecule has 1 saturated heterocycles. The molecular weight excluding hydrogens is 539 g/mol. The van der Waals surface area contributed by atoms with E-state index in [1.807, 2.05) is 20.8 Å². The Morgan fingerprint density at radius 3 is 2.33 bits per heavy atom. The van der Waals surface area contributed by atoms with Crippen LogP contribution < -0.4 is 15.5 Å². The molecule has 4 aromatic rings. The lowest BCUT2D eigenvalue weighted by Gasteiger charge is -2.20. The lowest BCUT2D eigenvalue weighted by atomic mass is 9.98. The molecule has 0 radical (unpaired) electrons. The van der Waals surface area contributed by atoms with E-state index in [9.17, 15) is 13.2 Å². The largest absolute Gasteiger partial charge is 0.368 e. The fraction of sp³-hybridized carbons (Fsp3) is 0.259. The summed E-state index contributed by atoms with van der Waals surface area (Å²) >= 11 is 1.37. The molecule has 2 aromatic carbocycles. The summed E-state index contributed by atoms with van der Waals surface area (Å²) < 4.78 is 39.8. The maximum Gasteiger partial charge on any atom is 0.329 e. The number of aromatic nitrogens is 3. The number of hydrogen-bond donors (Lipinski definition) is 1. The summed E-state index contributed by atoms with van der Waals surface area (Å²) in [5.41, 5.74) is 7.49. The van der Waals surface area contributed by atoms with Crippen LogP contribution >= 0.6 is 11.3 Å². The van der Waals surface area contributed by atoms with Gasteiger partial charge in [0.1, 0.15) is 5.69 Å². The standard InChI is InChI=1S/C27H27FN6O3S2/c1-27(2,3)24-32-22(19-12-13-30-25(29)31-19)23(38-24)18-6-5-7-20(21(18)28)34-15-14-33(26(34)35)16-8-10-17(11-9-16)39(4,36)37/h5-13H,14-15H2,1-4H3,(H2,29,30,31). The van der Waals surface area contributed by atoms with Gasteiger partial charge in [-0.1, -0.05) is 32.9 Å². The summed E-state index contributed by atoms with van der Waals surface area (Å²) in [5.74, 6) is -0.460. The summed E-state index contributed by atoms with van der Waals surface area (Å²) in [6, 6.07) is 12.3. The third-order valence-corrected chi connectivity index (χ3v) is 8.93. The van der Waals surface area contributed by atoms with Crippen LogP contribution in [0.3, 0.4) is 0 Å². The van der Waals surface area contributed by atoms with Crippen LogP contribution in [-0.2, 0) is 15.3 Å². The second-order valence-corrected chi connectivity index (χ2v) is 13.3. The maximum atomic E-state index is 16.2. The molecule has 2 aromatic heterocycles. The summed E-state index contributed by atoms with van der Waals surface area (Å²) in [7, 11) is -3.36. The van der Waals surface area contributed by atoms with Crippen molar-refractivity contribution < 1.29 is 17.6 Å². The Morgan fingerprint density at radius 1 is 1.00 bits per heavy atom. The van der Waals surface area contributed by atoms with E-state index in [2.05, 4.69) is 9.97 Å². The minimum Gasteiger partial charge on any atom is -0.368 e. The normalized spacial score (nSPS) is 14.3. The molecule has 1 aliphatic rings. The van der Waals surface area contributed by atoms with Crippen molar-refractivity contribution in [3.8, 4) is 21.8 Å². The zero-order valence-corrected chi connectivity index (χ0v) is 23.5. The lowest BCUT2D eigenvalue weighted by Crippen LogP contribution is -2.32. The summed E-state index contributed by atoms with van der Waals surface area (Å²) in [6.07, 6.45) is 2.66. The molecule has 2 N–H and O–H groups in total. The van der Waals surface area contributed by atoms with Gasteiger partial charge in [0.2, 0.25) is 5.95 Å². The van der Waals surface area contributed by atoms with Crippen molar-refractivity contribution in [2.75, 3.05) is 34.9 Å². The Balaban J connectivity index is 1.53. The predicted octanol–water partition coefficient (Wildman–Crippen LogP) is 5.14. The molecule has 0 unspecified atom stereocenters. The zero-order chi connectivity index (χ0) is 28.1. The van der Waals surface area contributed by atoms with E-state index < -0.39 is 21.7 Å². The van der Waals surface area contributed by atoms with Gasteiger partial charge in [0.25, 0.3) is 0 Å². The number of nitrogen functional groups attached to an aromatic ring is 1. The van der Waals surface area contributed by atoms with E-state index in [0.29, 0.717) is 34.1 Å². The van der Waals surface area contributed by atoms with Crippen LogP contribution in [0.25, 0.3) is 21.8 Å². The van der Waals surface area contributed by atoms with Crippen LogP contribution in [0, 0.1) is 5.82 Å². The number of carbonyl (C=O) groups excluding carboxylic acids is 1. The first-order valence-electron chi connectivity index (χ1n) is 12.1. The van der Waals surface area contributed by atoms with Gasteiger partial charge in [-0.3, -0.25) is 9.80 Å². The quantitative estimate of drug-likeness (QED) is 0.355. The van der Waals surface area contributed by atoms with Gasteiger partial charge in [-0.05, 0) is 36.4 Å². The SMILES string of the molecule is CC(C)(C)c1nc(-c2ccnc(N)n2)c(-c2cccc(N3CCN(c4ccc(S(C)(=O)=O)cc4)C3=O)c2F)s1. The van der Waals surface area contributed by atoms with E-state index >= 15 is 4.39 Å². The number of thiazole rings is 1. The van der Waals surface area contributed by atoms with Gasteiger partial charge in [0.05, 0.1) is 26.2 Å². The number of nitrogens with two attached hydrogens (primary N) is 1. The molecule has 0 saturated carbocycles. The molecule has 0 aliphatic carbocycles. The van der Waals surface area contributed by atoms with Gasteiger partial charge in [-0.15, -0.1) is 11.3 Å². The zero-order valence-electron chi connectivity index (χ0n) is 21.8. The van der Waals surface area contributed by atoms with Crippen molar-refractivity contribution in [1.82, 2.24) is 15.0 Å². The van der Waals surface area contributed by atoms with Crippen LogP contribution in [0.2, 0.25) is 0 Å². The second kappa shape index (κ2) is 9.69. The second-order valence-electron chi connectivity index (χ2n) is 10.2. The minimum absolute atomic E-state index is 0.0882. The maximum absolute atomic E-state index is 16.2.